The van der Waals surface area contributed by atoms with E-state index in [-0.39, 0.29) is 29.5 Å². The Bertz CT molecular complexity index is 720. The van der Waals surface area contributed by atoms with Crippen LogP contribution in [-0.4, -0.2) is 37.3 Å². The van der Waals surface area contributed by atoms with Gasteiger partial charge in [0, 0.05) is 6.42 Å². The van der Waals surface area contributed by atoms with E-state index in [9.17, 15) is 0 Å². The van der Waals surface area contributed by atoms with Crippen molar-refractivity contribution in [3.8, 4) is 0 Å². The Labute approximate surface area is 148 Å². The largest absolute Gasteiger partial charge is 0.382 e. The molecule has 0 radical (unpaired) electrons. The van der Waals surface area contributed by atoms with E-state index in [4.69, 9.17) is 15.2 Å². The average Bonchev–Trinajstić information content (AvgIpc) is 3.01. The van der Waals surface area contributed by atoms with Crippen molar-refractivity contribution in [1.82, 2.24) is 19.5 Å². The summed E-state index contributed by atoms with van der Waals surface area (Å²) in [6.45, 7) is 12.9. The van der Waals surface area contributed by atoms with E-state index >= 15 is 0 Å². The smallest absolute Gasteiger partial charge is 0.167 e. The van der Waals surface area contributed by atoms with Crippen LogP contribution < -0.4 is 5.73 Å². The molecule has 3 heterocycles. The predicted molar refractivity (Wildman–Crippen MR) is 97.0 cm³/mol. The molecule has 0 spiro atoms. The zero-order chi connectivity index (χ0) is 18.4. The van der Waals surface area contributed by atoms with Crippen molar-refractivity contribution >= 4 is 17.0 Å². The molecule has 1 aliphatic heterocycles. The average molecular weight is 347 g/mol. The monoisotopic (exact) mass is 347 g/mol. The zero-order valence-corrected chi connectivity index (χ0v) is 16.0. The molecule has 25 heavy (non-hydrogen) atoms. The molecule has 0 amide bonds. The van der Waals surface area contributed by atoms with Gasteiger partial charge in [-0.2, -0.15) is 0 Å². The molecule has 1 fully saturated rings. The number of ether oxygens (including phenoxy) is 2. The van der Waals surface area contributed by atoms with Crippen molar-refractivity contribution in [3.63, 3.8) is 0 Å². The van der Waals surface area contributed by atoms with Crippen molar-refractivity contribution in [2.45, 2.75) is 78.4 Å². The molecule has 0 unspecified atom stereocenters. The van der Waals surface area contributed by atoms with Gasteiger partial charge in [-0.25, -0.2) is 15.0 Å². The van der Waals surface area contributed by atoms with Crippen LogP contribution in [0.15, 0.2) is 12.7 Å². The quantitative estimate of drug-likeness (QED) is 0.916. The Balaban J connectivity index is 1.88. The van der Waals surface area contributed by atoms with Gasteiger partial charge in [-0.05, 0) is 32.6 Å². The topological polar surface area (TPSA) is 88.1 Å². The zero-order valence-electron chi connectivity index (χ0n) is 16.0. The highest BCUT2D eigenvalue weighted by molar-refractivity contribution is 5.81. The fourth-order valence-electron chi connectivity index (χ4n) is 3.32. The van der Waals surface area contributed by atoms with E-state index in [1.54, 1.807) is 6.33 Å². The number of hydrogen-bond acceptors (Lipinski definition) is 6. The van der Waals surface area contributed by atoms with Crippen molar-refractivity contribution in [2.24, 2.45) is 5.41 Å². The molecule has 2 aromatic rings. The van der Waals surface area contributed by atoms with Crippen LogP contribution in [-0.2, 0) is 9.47 Å². The summed E-state index contributed by atoms with van der Waals surface area (Å²) in [4.78, 5) is 12.7. The first-order valence-electron chi connectivity index (χ1n) is 8.80. The van der Waals surface area contributed by atoms with Crippen LogP contribution in [0.25, 0.3) is 11.2 Å². The fourth-order valence-corrected chi connectivity index (χ4v) is 3.32. The Morgan fingerprint density at radius 1 is 1.20 bits per heavy atom. The number of rotatable bonds is 3. The highest BCUT2D eigenvalue weighted by atomic mass is 16.6. The lowest BCUT2D eigenvalue weighted by Crippen LogP contribution is -2.35. The van der Waals surface area contributed by atoms with Gasteiger partial charge in [-0.1, -0.05) is 20.8 Å². The lowest BCUT2D eigenvalue weighted by molar-refractivity contribution is -0.102. The molecular weight excluding hydrogens is 318 g/mol. The van der Waals surface area contributed by atoms with Crippen molar-refractivity contribution in [1.29, 1.82) is 0 Å². The van der Waals surface area contributed by atoms with E-state index in [2.05, 4.69) is 56.5 Å². The third-order valence-electron chi connectivity index (χ3n) is 4.20. The third kappa shape index (κ3) is 4.10. The van der Waals surface area contributed by atoms with E-state index in [0.717, 1.165) is 12.8 Å². The lowest BCUT2D eigenvalue weighted by Gasteiger charge is -2.31. The van der Waals surface area contributed by atoms with E-state index in [1.807, 2.05) is 4.57 Å². The summed E-state index contributed by atoms with van der Waals surface area (Å²) in [5.74, 6) is 0.385. The second kappa shape index (κ2) is 6.21. The molecule has 0 bridgehead atoms. The normalized spacial score (nSPS) is 25.0. The molecule has 0 saturated carbocycles. The molecule has 0 aromatic carbocycles. The summed E-state index contributed by atoms with van der Waals surface area (Å²) in [5, 5.41) is 0. The van der Waals surface area contributed by atoms with Gasteiger partial charge in [0.05, 0.1) is 24.1 Å². The maximum atomic E-state index is 6.39. The SMILES string of the molecule is CC(C)(C)C[C@H]1O[C@@H](n2cnc3c(N)ncnc32)C[C@H]1OC(C)(C)C. The Morgan fingerprint density at radius 3 is 2.56 bits per heavy atom. The van der Waals surface area contributed by atoms with Crippen LogP contribution in [0.4, 0.5) is 5.82 Å². The van der Waals surface area contributed by atoms with E-state index < -0.39 is 0 Å². The van der Waals surface area contributed by atoms with Gasteiger partial charge in [0.25, 0.3) is 0 Å². The first kappa shape index (κ1) is 18.1. The van der Waals surface area contributed by atoms with Crippen LogP contribution >= 0.6 is 0 Å². The van der Waals surface area contributed by atoms with Crippen LogP contribution in [0.3, 0.4) is 0 Å². The van der Waals surface area contributed by atoms with Gasteiger partial charge in [-0.15, -0.1) is 0 Å². The number of fused-ring (bicyclic) bond motifs is 1. The van der Waals surface area contributed by atoms with Gasteiger partial charge >= 0.3 is 0 Å². The minimum Gasteiger partial charge on any atom is -0.382 e. The number of anilines is 1. The number of nitrogen functional groups attached to an aromatic ring is 1. The van der Waals surface area contributed by atoms with Crippen LogP contribution in [0, 0.1) is 5.41 Å². The lowest BCUT2D eigenvalue weighted by atomic mass is 9.87. The minimum atomic E-state index is -0.220. The molecule has 3 rings (SSSR count). The predicted octanol–water partition coefficient (Wildman–Crippen LogP) is 3.32. The summed E-state index contributed by atoms with van der Waals surface area (Å²) in [6, 6.07) is 0. The van der Waals surface area contributed by atoms with E-state index in [0.29, 0.717) is 17.0 Å². The minimum absolute atomic E-state index is 0.0286. The molecule has 7 nitrogen and oxygen atoms in total. The van der Waals surface area contributed by atoms with Gasteiger partial charge < -0.3 is 15.2 Å². The summed E-state index contributed by atoms with van der Waals surface area (Å²) < 4.78 is 14.6. The molecule has 7 heteroatoms. The Hall–Kier alpha value is -1.73. The fraction of sp³-hybridized carbons (Fsp3) is 0.722. The highest BCUT2D eigenvalue weighted by Gasteiger charge is 2.41. The maximum Gasteiger partial charge on any atom is 0.167 e. The number of nitrogens with zero attached hydrogens (tertiary/aromatic N) is 4. The van der Waals surface area contributed by atoms with Crippen molar-refractivity contribution in [2.75, 3.05) is 5.73 Å². The van der Waals surface area contributed by atoms with Gasteiger partial charge in [0.2, 0.25) is 0 Å². The maximum absolute atomic E-state index is 6.39. The molecule has 3 atom stereocenters. The first-order chi connectivity index (χ1) is 11.5. The van der Waals surface area contributed by atoms with Crippen LogP contribution in [0.1, 0.15) is 60.6 Å². The van der Waals surface area contributed by atoms with Gasteiger partial charge in [0.1, 0.15) is 18.1 Å². The summed E-state index contributed by atoms with van der Waals surface area (Å²) in [6.07, 6.45) is 4.76. The standard InChI is InChI=1S/C18H29N5O2/c1-17(2,3)8-12-11(25-18(4,5)6)7-13(24-12)23-10-22-14-15(19)20-9-21-16(14)23/h9-13H,7-8H2,1-6H3,(H2,19,20,21)/t11-,12-,13-/m1/s1. The number of nitrogens with two attached hydrogens (primary N) is 1. The molecule has 138 valence electrons. The number of imidazole rings is 1. The Kier molecular flexibility index (Phi) is 4.49. The summed E-state index contributed by atoms with van der Waals surface area (Å²) in [7, 11) is 0. The molecule has 0 aliphatic carbocycles. The van der Waals surface area contributed by atoms with Crippen LogP contribution in [0.5, 0.6) is 0 Å². The number of hydrogen-bond donors (Lipinski definition) is 1. The van der Waals surface area contributed by atoms with Crippen molar-refractivity contribution in [3.05, 3.63) is 12.7 Å². The van der Waals surface area contributed by atoms with E-state index in [1.165, 1.54) is 6.33 Å². The van der Waals surface area contributed by atoms with Crippen molar-refractivity contribution < 1.29 is 9.47 Å². The highest BCUT2D eigenvalue weighted by Crippen LogP contribution is 2.39. The first-order valence-corrected chi connectivity index (χ1v) is 8.80. The summed E-state index contributed by atoms with van der Waals surface area (Å²) in [5.41, 5.74) is 7.14. The number of aromatic nitrogens is 4. The Morgan fingerprint density at radius 2 is 1.92 bits per heavy atom. The van der Waals surface area contributed by atoms with Crippen LogP contribution in [0.2, 0.25) is 0 Å². The van der Waals surface area contributed by atoms with Gasteiger partial charge in [0.15, 0.2) is 11.5 Å². The second-order valence-electron chi connectivity index (χ2n) is 8.98. The molecular formula is C18H29N5O2. The molecule has 2 N–H and O–H groups in total. The molecule has 1 saturated heterocycles. The van der Waals surface area contributed by atoms with Gasteiger partial charge in [-0.3, -0.25) is 4.57 Å². The molecule has 2 aromatic heterocycles. The second-order valence-corrected chi connectivity index (χ2v) is 8.98. The summed E-state index contributed by atoms with van der Waals surface area (Å²) >= 11 is 0. The molecule has 1 aliphatic rings. The third-order valence-corrected chi connectivity index (χ3v) is 4.20.